The Morgan fingerprint density at radius 3 is 2.74 bits per heavy atom. The monoisotopic (exact) mass is 317 g/mol. The van der Waals surface area contributed by atoms with Gasteiger partial charge in [0.25, 0.3) is 0 Å². The lowest BCUT2D eigenvalue weighted by Gasteiger charge is -2.10. The Kier molecular flexibility index (Phi) is 3.93. The molecule has 0 bridgehead atoms. The summed E-state index contributed by atoms with van der Waals surface area (Å²) in [6.45, 7) is 0.446. The number of nitrogens with two attached hydrogens (primary N) is 1. The largest absolute Gasteiger partial charge is 0.508 e. The third-order valence-corrected chi connectivity index (χ3v) is 3.33. The summed E-state index contributed by atoms with van der Waals surface area (Å²) < 4.78 is 0.801. The summed E-state index contributed by atoms with van der Waals surface area (Å²) in [5, 5.41) is 21.7. The molecule has 0 atom stereocenters. The van der Waals surface area contributed by atoms with E-state index in [-0.39, 0.29) is 5.75 Å². The summed E-state index contributed by atoms with van der Waals surface area (Å²) in [4.78, 5) is 0. The van der Waals surface area contributed by atoms with E-state index in [1.165, 1.54) is 0 Å². The predicted molar refractivity (Wildman–Crippen MR) is 78.7 cm³/mol. The third-order valence-electron chi connectivity index (χ3n) is 2.67. The third kappa shape index (κ3) is 3.18. The fourth-order valence-electron chi connectivity index (χ4n) is 1.67. The highest BCUT2D eigenvalue weighted by atomic mass is 79.9. The maximum absolute atomic E-state index is 9.71. The smallest absolute Gasteiger partial charge is 0.120 e. The van der Waals surface area contributed by atoms with E-state index in [1.807, 2.05) is 6.07 Å². The summed E-state index contributed by atoms with van der Waals surface area (Å²) in [5.41, 5.74) is 8.44. The number of rotatable bonds is 3. The van der Waals surface area contributed by atoms with E-state index in [2.05, 4.69) is 27.3 Å². The molecule has 2 rings (SSSR count). The summed E-state index contributed by atoms with van der Waals surface area (Å²) >= 11 is 3.39. The van der Waals surface area contributed by atoms with Crippen molar-refractivity contribution in [2.45, 2.75) is 6.54 Å². The van der Waals surface area contributed by atoms with Crippen molar-refractivity contribution in [3.05, 3.63) is 52.0 Å². The average molecular weight is 318 g/mol. The Bertz CT molecular complexity index is 650. The first-order valence-corrected chi connectivity index (χ1v) is 6.40. The van der Waals surface area contributed by atoms with Crippen LogP contribution in [0.1, 0.15) is 11.1 Å². The molecule has 0 aliphatic rings. The first-order chi connectivity index (χ1) is 9.10. The molecule has 0 aliphatic heterocycles. The number of aromatic hydroxyl groups is 1. The fourth-order valence-corrected chi connectivity index (χ4v) is 2.18. The minimum absolute atomic E-state index is 0.200. The quantitative estimate of drug-likeness (QED) is 0.599. The summed E-state index contributed by atoms with van der Waals surface area (Å²) in [6.07, 6.45) is 0. The minimum atomic E-state index is 0.200. The first-order valence-electron chi connectivity index (χ1n) is 5.61. The molecule has 0 radical (unpaired) electrons. The van der Waals surface area contributed by atoms with Crippen LogP contribution in [-0.4, -0.2) is 5.11 Å². The van der Waals surface area contributed by atoms with E-state index in [9.17, 15) is 5.11 Å². The van der Waals surface area contributed by atoms with Crippen molar-refractivity contribution in [3.63, 3.8) is 0 Å². The number of nitrogens with one attached hydrogen (secondary N) is 1. The zero-order valence-corrected chi connectivity index (χ0v) is 11.6. The van der Waals surface area contributed by atoms with Crippen LogP contribution in [0.15, 0.2) is 40.9 Å². The van der Waals surface area contributed by atoms with Crippen molar-refractivity contribution < 1.29 is 5.11 Å². The highest BCUT2D eigenvalue weighted by molar-refractivity contribution is 9.10. The molecule has 0 spiro atoms. The van der Waals surface area contributed by atoms with Crippen LogP contribution in [-0.2, 0) is 6.54 Å². The van der Waals surface area contributed by atoms with Crippen LogP contribution in [0.3, 0.4) is 0 Å². The highest BCUT2D eigenvalue weighted by Crippen LogP contribution is 2.26. The van der Waals surface area contributed by atoms with Crippen LogP contribution in [0.4, 0.5) is 11.4 Å². The number of benzene rings is 2. The van der Waals surface area contributed by atoms with Gasteiger partial charge in [0.1, 0.15) is 5.75 Å². The molecule has 2 aromatic rings. The van der Waals surface area contributed by atoms with E-state index in [4.69, 9.17) is 11.0 Å². The van der Waals surface area contributed by atoms with Crippen molar-refractivity contribution in [1.82, 2.24) is 0 Å². The van der Waals surface area contributed by atoms with E-state index < -0.39 is 0 Å². The van der Waals surface area contributed by atoms with E-state index in [1.54, 1.807) is 30.3 Å². The van der Waals surface area contributed by atoms with Gasteiger partial charge in [0.2, 0.25) is 0 Å². The molecule has 0 aromatic heterocycles. The minimum Gasteiger partial charge on any atom is -0.508 e. The number of phenolic OH excluding ortho intramolecular Hbond substituents is 1. The van der Waals surface area contributed by atoms with Gasteiger partial charge in [-0.1, -0.05) is 0 Å². The van der Waals surface area contributed by atoms with E-state index in [0.717, 1.165) is 15.7 Å². The molecule has 0 saturated carbocycles. The van der Waals surface area contributed by atoms with Crippen LogP contribution in [0, 0.1) is 11.3 Å². The molecule has 0 amide bonds. The molecule has 0 aliphatic carbocycles. The zero-order valence-electron chi connectivity index (χ0n) is 10.0. The van der Waals surface area contributed by atoms with Crippen LogP contribution >= 0.6 is 15.9 Å². The molecule has 4 N–H and O–H groups in total. The number of hydrogen-bond acceptors (Lipinski definition) is 4. The molecule has 96 valence electrons. The van der Waals surface area contributed by atoms with Gasteiger partial charge >= 0.3 is 0 Å². The maximum atomic E-state index is 9.71. The normalized spacial score (nSPS) is 9.89. The van der Waals surface area contributed by atoms with Gasteiger partial charge in [0.05, 0.1) is 11.6 Å². The molecule has 0 fully saturated rings. The molecular formula is C14H12BrN3O. The lowest BCUT2D eigenvalue weighted by atomic mass is 10.1. The van der Waals surface area contributed by atoms with Crippen LogP contribution in [0.2, 0.25) is 0 Å². The Morgan fingerprint density at radius 2 is 2.05 bits per heavy atom. The first kappa shape index (κ1) is 13.2. The van der Waals surface area contributed by atoms with Crippen molar-refractivity contribution in [1.29, 1.82) is 5.26 Å². The Balaban J connectivity index is 2.15. The van der Waals surface area contributed by atoms with Crippen molar-refractivity contribution in [2.75, 3.05) is 11.1 Å². The maximum Gasteiger partial charge on any atom is 0.120 e. The van der Waals surface area contributed by atoms with Gasteiger partial charge in [-0.3, -0.25) is 0 Å². The molecule has 5 heteroatoms. The number of phenols is 1. The molecule has 0 heterocycles. The number of nitriles is 1. The van der Waals surface area contributed by atoms with Gasteiger partial charge in [0.15, 0.2) is 0 Å². The van der Waals surface area contributed by atoms with Gasteiger partial charge in [-0.2, -0.15) is 5.26 Å². The molecular weight excluding hydrogens is 306 g/mol. The second-order valence-electron chi connectivity index (χ2n) is 4.05. The van der Waals surface area contributed by atoms with Crippen molar-refractivity contribution in [2.24, 2.45) is 0 Å². The molecule has 0 saturated heterocycles. The summed E-state index contributed by atoms with van der Waals surface area (Å²) in [7, 11) is 0. The van der Waals surface area contributed by atoms with Gasteiger partial charge in [-0.15, -0.1) is 0 Å². The van der Waals surface area contributed by atoms with Crippen LogP contribution < -0.4 is 11.1 Å². The molecule has 19 heavy (non-hydrogen) atoms. The lowest BCUT2D eigenvalue weighted by molar-refractivity contribution is 0.469. The van der Waals surface area contributed by atoms with Crippen LogP contribution in [0.5, 0.6) is 5.75 Å². The highest BCUT2D eigenvalue weighted by Gasteiger charge is 2.04. The summed E-state index contributed by atoms with van der Waals surface area (Å²) in [5.74, 6) is 0.200. The van der Waals surface area contributed by atoms with Gasteiger partial charge in [-0.25, -0.2) is 0 Å². The second kappa shape index (κ2) is 5.63. The number of anilines is 2. The van der Waals surface area contributed by atoms with Crippen LogP contribution in [0.25, 0.3) is 0 Å². The van der Waals surface area contributed by atoms with Gasteiger partial charge in [0, 0.05) is 28.0 Å². The topological polar surface area (TPSA) is 82.1 Å². The summed E-state index contributed by atoms with van der Waals surface area (Å²) in [6, 6.07) is 12.3. The van der Waals surface area contributed by atoms with Gasteiger partial charge < -0.3 is 16.2 Å². The molecule has 2 aromatic carbocycles. The Labute approximate surface area is 119 Å². The fraction of sp³-hybridized carbons (Fsp3) is 0.0714. The van der Waals surface area contributed by atoms with Gasteiger partial charge in [-0.05, 0) is 52.3 Å². The van der Waals surface area contributed by atoms with E-state index >= 15 is 0 Å². The lowest BCUT2D eigenvalue weighted by Crippen LogP contribution is -2.01. The van der Waals surface area contributed by atoms with Crippen molar-refractivity contribution in [3.8, 4) is 11.8 Å². The molecule has 4 nitrogen and oxygen atoms in total. The standard InChI is InChI=1S/C14H12BrN3O/c15-12-5-9(7-16)1-3-13(12)18-8-10-6-11(17)2-4-14(10)19/h1-6,18-19H,8,17H2. The average Bonchev–Trinajstić information content (AvgIpc) is 2.40. The zero-order chi connectivity index (χ0) is 13.8. The molecule has 0 unspecified atom stereocenters. The Hall–Kier alpha value is -2.19. The number of halogens is 1. The number of nitrogens with zero attached hydrogens (tertiary/aromatic N) is 1. The second-order valence-corrected chi connectivity index (χ2v) is 4.90. The number of hydrogen-bond donors (Lipinski definition) is 3. The van der Waals surface area contributed by atoms with Crippen molar-refractivity contribution >= 4 is 27.3 Å². The predicted octanol–water partition coefficient (Wildman–Crippen LogP) is 3.22. The SMILES string of the molecule is N#Cc1ccc(NCc2cc(N)ccc2O)c(Br)c1. The number of nitrogen functional groups attached to an aromatic ring is 1. The Morgan fingerprint density at radius 1 is 1.26 bits per heavy atom. The van der Waals surface area contributed by atoms with E-state index in [0.29, 0.717) is 17.8 Å².